The smallest absolute Gasteiger partial charge is 0.245 e. The molecule has 0 unspecified atom stereocenters. The van der Waals surface area contributed by atoms with Gasteiger partial charge in [-0.3, -0.25) is 4.79 Å². The molecule has 140 valence electrons. The Bertz CT molecular complexity index is 770. The molecule has 0 spiro atoms. The van der Waals surface area contributed by atoms with Crippen LogP contribution >= 0.6 is 0 Å². The van der Waals surface area contributed by atoms with Crippen LogP contribution < -0.4 is 10.2 Å². The summed E-state index contributed by atoms with van der Waals surface area (Å²) in [5.74, 6) is 2.03. The third kappa shape index (κ3) is 3.42. The molecule has 0 saturated carbocycles. The number of carbonyl (C=O) groups is 1. The summed E-state index contributed by atoms with van der Waals surface area (Å²) >= 11 is 0. The molecule has 1 atom stereocenters. The third-order valence-electron chi connectivity index (χ3n) is 5.24. The van der Waals surface area contributed by atoms with E-state index < -0.39 is 0 Å². The van der Waals surface area contributed by atoms with Crippen molar-refractivity contribution in [3.63, 3.8) is 0 Å². The van der Waals surface area contributed by atoms with E-state index in [1.165, 1.54) is 12.8 Å². The van der Waals surface area contributed by atoms with Crippen molar-refractivity contribution in [2.75, 3.05) is 42.9 Å². The number of fused-ring (bicyclic) bond motifs is 1. The first-order valence-electron chi connectivity index (χ1n) is 9.51. The van der Waals surface area contributed by atoms with E-state index in [2.05, 4.69) is 30.5 Å². The molecule has 9 nitrogen and oxygen atoms in total. The first-order chi connectivity index (χ1) is 12.7. The summed E-state index contributed by atoms with van der Waals surface area (Å²) in [5.41, 5.74) is 0.840. The Morgan fingerprint density at radius 2 is 1.85 bits per heavy atom. The molecule has 1 N–H and O–H groups in total. The van der Waals surface area contributed by atoms with Crippen LogP contribution in [0.4, 0.5) is 11.6 Å². The minimum Gasteiger partial charge on any atom is -0.367 e. The van der Waals surface area contributed by atoms with Crippen LogP contribution in [0.15, 0.2) is 4.63 Å². The van der Waals surface area contributed by atoms with Gasteiger partial charge in [-0.2, -0.15) is 0 Å². The lowest BCUT2D eigenvalue weighted by molar-refractivity contribution is -0.127. The van der Waals surface area contributed by atoms with Crippen molar-refractivity contribution in [1.82, 2.24) is 25.2 Å². The summed E-state index contributed by atoms with van der Waals surface area (Å²) in [6, 6.07) is 0. The van der Waals surface area contributed by atoms with Gasteiger partial charge in [0.25, 0.3) is 0 Å². The van der Waals surface area contributed by atoms with Crippen LogP contribution in [0, 0.1) is 5.92 Å². The summed E-state index contributed by atoms with van der Waals surface area (Å²) in [6.45, 7) is 6.20. The lowest BCUT2D eigenvalue weighted by Gasteiger charge is -2.24. The van der Waals surface area contributed by atoms with Crippen LogP contribution in [0.1, 0.15) is 39.0 Å². The van der Waals surface area contributed by atoms with Gasteiger partial charge in [-0.1, -0.05) is 12.8 Å². The van der Waals surface area contributed by atoms with E-state index in [0.717, 1.165) is 44.8 Å². The van der Waals surface area contributed by atoms with E-state index in [1.807, 2.05) is 11.8 Å². The number of nitrogens with one attached hydrogen (secondary N) is 1. The molecule has 4 rings (SSSR count). The number of carbonyl (C=O) groups excluding carboxylic acids is 1. The zero-order valence-corrected chi connectivity index (χ0v) is 15.1. The molecule has 2 aliphatic rings. The fourth-order valence-corrected chi connectivity index (χ4v) is 3.79. The minimum atomic E-state index is 0.231. The maximum atomic E-state index is 12.0. The largest absolute Gasteiger partial charge is 0.367 e. The maximum Gasteiger partial charge on any atom is 0.245 e. The molecule has 0 aliphatic carbocycles. The summed E-state index contributed by atoms with van der Waals surface area (Å²) < 4.78 is 4.78. The van der Waals surface area contributed by atoms with Crippen molar-refractivity contribution in [3.05, 3.63) is 0 Å². The van der Waals surface area contributed by atoms with Gasteiger partial charge >= 0.3 is 0 Å². The van der Waals surface area contributed by atoms with Gasteiger partial charge in [-0.25, -0.2) is 14.6 Å². The molecule has 0 aromatic carbocycles. The average molecular weight is 359 g/mol. The zero-order valence-electron chi connectivity index (χ0n) is 15.1. The number of amides is 1. The van der Waals surface area contributed by atoms with Crippen molar-refractivity contribution >= 4 is 28.8 Å². The van der Waals surface area contributed by atoms with E-state index in [1.54, 1.807) is 0 Å². The number of anilines is 2. The number of hydrogen-bond acceptors (Lipinski definition) is 8. The van der Waals surface area contributed by atoms with Crippen LogP contribution in [-0.2, 0) is 4.79 Å². The Labute approximate surface area is 152 Å². The maximum absolute atomic E-state index is 12.0. The Kier molecular flexibility index (Phi) is 4.85. The van der Waals surface area contributed by atoms with E-state index >= 15 is 0 Å². The SMILES string of the molecule is CCN1C[C@H](CNc2nc3nonc3nc2N2CCCCCC2)CC1=O. The van der Waals surface area contributed by atoms with Crippen LogP contribution in [0.3, 0.4) is 0 Å². The second-order valence-electron chi connectivity index (χ2n) is 7.09. The van der Waals surface area contributed by atoms with Crippen molar-refractivity contribution < 1.29 is 9.42 Å². The van der Waals surface area contributed by atoms with Crippen LogP contribution in [0.2, 0.25) is 0 Å². The minimum absolute atomic E-state index is 0.231. The molecule has 0 bridgehead atoms. The highest BCUT2D eigenvalue weighted by Gasteiger charge is 2.29. The highest BCUT2D eigenvalue weighted by Crippen LogP contribution is 2.27. The second kappa shape index (κ2) is 7.43. The van der Waals surface area contributed by atoms with Gasteiger partial charge in [-0.15, -0.1) is 0 Å². The molecule has 2 aliphatic heterocycles. The Morgan fingerprint density at radius 3 is 2.54 bits per heavy atom. The molecule has 9 heteroatoms. The molecule has 2 aromatic rings. The monoisotopic (exact) mass is 359 g/mol. The van der Waals surface area contributed by atoms with Gasteiger partial charge in [0.2, 0.25) is 17.2 Å². The Morgan fingerprint density at radius 1 is 1.12 bits per heavy atom. The molecule has 2 saturated heterocycles. The lowest BCUT2D eigenvalue weighted by atomic mass is 10.1. The van der Waals surface area contributed by atoms with Crippen molar-refractivity contribution in [2.45, 2.75) is 39.0 Å². The Hall–Kier alpha value is -2.45. The summed E-state index contributed by atoms with van der Waals surface area (Å²) in [6.07, 6.45) is 5.38. The number of aromatic nitrogens is 4. The summed E-state index contributed by atoms with van der Waals surface area (Å²) in [4.78, 5) is 25.4. The predicted octanol–water partition coefficient (Wildman–Crippen LogP) is 1.67. The molecule has 0 radical (unpaired) electrons. The topological polar surface area (TPSA) is 100 Å². The van der Waals surface area contributed by atoms with Crippen molar-refractivity contribution in [2.24, 2.45) is 5.92 Å². The van der Waals surface area contributed by atoms with Crippen LogP contribution in [0.25, 0.3) is 11.3 Å². The third-order valence-corrected chi connectivity index (χ3v) is 5.24. The molecule has 2 fully saturated rings. The number of likely N-dealkylation sites (tertiary alicyclic amines) is 1. The number of rotatable bonds is 5. The average Bonchev–Trinajstić information content (AvgIpc) is 3.15. The van der Waals surface area contributed by atoms with Crippen molar-refractivity contribution in [3.8, 4) is 0 Å². The quantitative estimate of drug-likeness (QED) is 0.860. The summed E-state index contributed by atoms with van der Waals surface area (Å²) in [7, 11) is 0. The Balaban J connectivity index is 1.54. The van der Waals surface area contributed by atoms with E-state index in [9.17, 15) is 4.79 Å². The van der Waals surface area contributed by atoms with Crippen LogP contribution in [-0.4, -0.2) is 63.8 Å². The molecular formula is C17H25N7O2. The van der Waals surface area contributed by atoms with Gasteiger partial charge in [-0.05, 0) is 30.1 Å². The van der Waals surface area contributed by atoms with Crippen molar-refractivity contribution in [1.29, 1.82) is 0 Å². The second-order valence-corrected chi connectivity index (χ2v) is 7.09. The highest BCUT2D eigenvalue weighted by molar-refractivity contribution is 5.79. The zero-order chi connectivity index (χ0) is 17.9. The van der Waals surface area contributed by atoms with Crippen LogP contribution in [0.5, 0.6) is 0 Å². The van der Waals surface area contributed by atoms with E-state index in [4.69, 9.17) is 4.63 Å². The molecule has 1 amide bonds. The summed E-state index contributed by atoms with van der Waals surface area (Å²) in [5, 5.41) is 11.1. The highest BCUT2D eigenvalue weighted by atomic mass is 16.6. The molecule has 2 aromatic heterocycles. The predicted molar refractivity (Wildman–Crippen MR) is 96.9 cm³/mol. The van der Waals surface area contributed by atoms with E-state index in [0.29, 0.717) is 30.1 Å². The fraction of sp³-hybridized carbons (Fsp3) is 0.706. The lowest BCUT2D eigenvalue weighted by Crippen LogP contribution is -2.28. The van der Waals surface area contributed by atoms with E-state index in [-0.39, 0.29) is 11.8 Å². The standard InChI is InChI=1S/C17H25N7O2/c1-2-23-11-12(9-13(23)25)10-18-16-17(24-7-5-3-4-6-8-24)20-15-14(19-16)21-26-22-15/h12H,2-11H2,1H3,(H,18,19,21)/t12-/m0/s1. The number of nitrogens with zero attached hydrogens (tertiary/aromatic N) is 6. The first kappa shape index (κ1) is 17.0. The molecule has 26 heavy (non-hydrogen) atoms. The van der Waals surface area contributed by atoms with Gasteiger partial charge in [0.15, 0.2) is 11.6 Å². The molecule has 4 heterocycles. The van der Waals surface area contributed by atoms with Gasteiger partial charge in [0.1, 0.15) is 0 Å². The normalized spacial score (nSPS) is 21.4. The van der Waals surface area contributed by atoms with Gasteiger partial charge in [0, 0.05) is 45.1 Å². The van der Waals surface area contributed by atoms with Gasteiger partial charge in [0.05, 0.1) is 0 Å². The number of hydrogen-bond donors (Lipinski definition) is 1. The van der Waals surface area contributed by atoms with Gasteiger partial charge < -0.3 is 15.1 Å². The molecular weight excluding hydrogens is 334 g/mol. The fourth-order valence-electron chi connectivity index (χ4n) is 3.79. The first-order valence-corrected chi connectivity index (χ1v) is 9.51.